The van der Waals surface area contributed by atoms with Crippen LogP contribution in [0.15, 0.2) is 24.3 Å². The van der Waals surface area contributed by atoms with Gasteiger partial charge >= 0.3 is 6.16 Å². The lowest BCUT2D eigenvalue weighted by atomic mass is 10.1. The molecule has 2 rings (SSSR count). The fourth-order valence-electron chi connectivity index (χ4n) is 2.15. The molecular weight excluding hydrogens is 240 g/mol. The van der Waals surface area contributed by atoms with Crippen molar-refractivity contribution in [3.63, 3.8) is 0 Å². The molecule has 0 amide bonds. The molecule has 19 heavy (non-hydrogen) atoms. The van der Waals surface area contributed by atoms with Gasteiger partial charge in [-0.25, -0.2) is 4.79 Å². The highest BCUT2D eigenvalue weighted by Crippen LogP contribution is 2.33. The minimum atomic E-state index is -0.599. The first-order valence-corrected chi connectivity index (χ1v) is 7.05. The predicted octanol–water partition coefficient (Wildman–Crippen LogP) is 4.87. The van der Waals surface area contributed by atoms with Gasteiger partial charge in [-0.1, -0.05) is 31.5 Å². The van der Waals surface area contributed by atoms with Crippen LogP contribution in [0.4, 0.5) is 4.79 Å². The molecule has 0 radical (unpaired) electrons. The Morgan fingerprint density at radius 3 is 2.16 bits per heavy atom. The van der Waals surface area contributed by atoms with Crippen LogP contribution in [0.5, 0.6) is 5.75 Å². The van der Waals surface area contributed by atoms with Crippen molar-refractivity contribution in [2.24, 2.45) is 0 Å². The second-order valence-corrected chi connectivity index (χ2v) is 4.92. The molecule has 0 aromatic heterocycles. The van der Waals surface area contributed by atoms with Gasteiger partial charge in [-0.2, -0.15) is 0 Å². The van der Waals surface area contributed by atoms with Crippen molar-refractivity contribution in [3.05, 3.63) is 29.8 Å². The topological polar surface area (TPSA) is 35.5 Å². The normalized spacial score (nSPS) is 16.2. The minimum absolute atomic E-state index is 0.332. The van der Waals surface area contributed by atoms with Gasteiger partial charge in [0.05, 0.1) is 0 Å². The molecule has 1 fully saturated rings. The number of benzene rings is 1. The van der Waals surface area contributed by atoms with Gasteiger partial charge < -0.3 is 9.47 Å². The van der Waals surface area contributed by atoms with Crippen LogP contribution in [-0.4, -0.2) is 11.8 Å². The third-order valence-corrected chi connectivity index (χ3v) is 3.21. The maximum absolute atomic E-state index is 11.6. The molecule has 0 atom stereocenters. The molecule has 0 bridgehead atoms. The number of hydrogen-bond acceptors (Lipinski definition) is 3. The molecular formula is C16H24O3. The van der Waals surface area contributed by atoms with Gasteiger partial charge in [0, 0.05) is 0 Å². The van der Waals surface area contributed by atoms with Crippen molar-refractivity contribution in [1.82, 2.24) is 0 Å². The standard InChI is InChI=1S/C14H18O3.C2H6/c1-11-5-7-12(8-6-11)16-13(15)17-14(2)9-3-4-10-14;1-2/h5-8H,3-4,9-10H2,1-2H3;1-2H3. The van der Waals surface area contributed by atoms with E-state index in [2.05, 4.69) is 0 Å². The van der Waals surface area contributed by atoms with Gasteiger partial charge in [0.25, 0.3) is 0 Å². The first-order chi connectivity index (χ1) is 9.07. The number of carbonyl (C=O) groups excluding carboxylic acids is 1. The number of aryl methyl sites for hydroxylation is 1. The Morgan fingerprint density at radius 1 is 1.11 bits per heavy atom. The van der Waals surface area contributed by atoms with E-state index >= 15 is 0 Å². The lowest BCUT2D eigenvalue weighted by molar-refractivity contribution is 0.00206. The van der Waals surface area contributed by atoms with E-state index in [-0.39, 0.29) is 5.60 Å². The average molecular weight is 264 g/mol. The van der Waals surface area contributed by atoms with E-state index in [1.807, 2.05) is 39.8 Å². The van der Waals surface area contributed by atoms with Crippen molar-refractivity contribution in [3.8, 4) is 5.75 Å². The monoisotopic (exact) mass is 264 g/mol. The summed E-state index contributed by atoms with van der Waals surface area (Å²) in [5.41, 5.74) is 0.801. The molecule has 0 saturated heterocycles. The summed E-state index contributed by atoms with van der Waals surface area (Å²) in [6.45, 7) is 7.96. The zero-order valence-corrected chi connectivity index (χ0v) is 12.4. The molecule has 106 valence electrons. The van der Waals surface area contributed by atoms with Crippen molar-refractivity contribution in [2.45, 2.75) is 59.0 Å². The van der Waals surface area contributed by atoms with Gasteiger partial charge in [-0.05, 0) is 51.7 Å². The molecule has 1 aromatic rings. The van der Waals surface area contributed by atoms with E-state index in [9.17, 15) is 4.79 Å². The van der Waals surface area contributed by atoms with Gasteiger partial charge in [-0.15, -0.1) is 0 Å². The molecule has 0 N–H and O–H groups in total. The van der Waals surface area contributed by atoms with Crippen LogP contribution < -0.4 is 4.74 Å². The summed E-state index contributed by atoms with van der Waals surface area (Å²) in [5, 5.41) is 0. The third-order valence-electron chi connectivity index (χ3n) is 3.21. The predicted molar refractivity (Wildman–Crippen MR) is 76.5 cm³/mol. The van der Waals surface area contributed by atoms with Crippen molar-refractivity contribution < 1.29 is 14.3 Å². The molecule has 1 aromatic carbocycles. The second kappa shape index (κ2) is 7.17. The summed E-state index contributed by atoms with van der Waals surface area (Å²) in [6, 6.07) is 7.35. The third kappa shape index (κ3) is 4.93. The molecule has 0 aliphatic heterocycles. The molecule has 0 unspecified atom stereocenters. The fourth-order valence-corrected chi connectivity index (χ4v) is 2.15. The smallest absolute Gasteiger partial charge is 0.428 e. The summed E-state index contributed by atoms with van der Waals surface area (Å²) >= 11 is 0. The maximum atomic E-state index is 11.6. The van der Waals surface area contributed by atoms with Crippen LogP contribution in [0.2, 0.25) is 0 Å². The maximum Gasteiger partial charge on any atom is 0.514 e. The van der Waals surface area contributed by atoms with Gasteiger partial charge in [0.1, 0.15) is 11.4 Å². The Labute approximate surface area is 115 Å². The van der Waals surface area contributed by atoms with E-state index in [0.717, 1.165) is 31.2 Å². The zero-order chi connectivity index (χ0) is 14.3. The van der Waals surface area contributed by atoms with E-state index in [1.54, 1.807) is 12.1 Å². The van der Waals surface area contributed by atoms with Gasteiger partial charge in [0.2, 0.25) is 0 Å². The Hall–Kier alpha value is -1.51. The van der Waals surface area contributed by atoms with Gasteiger partial charge in [0.15, 0.2) is 0 Å². The zero-order valence-electron chi connectivity index (χ0n) is 12.4. The summed E-state index contributed by atoms with van der Waals surface area (Å²) < 4.78 is 10.5. The molecule has 0 heterocycles. The quantitative estimate of drug-likeness (QED) is 0.564. The average Bonchev–Trinajstić information content (AvgIpc) is 2.81. The SMILES string of the molecule is CC.Cc1ccc(OC(=O)OC2(C)CCCC2)cc1. The minimum Gasteiger partial charge on any atom is -0.428 e. The molecule has 0 spiro atoms. The van der Waals surface area contributed by atoms with Crippen molar-refractivity contribution in [2.75, 3.05) is 0 Å². The van der Waals surface area contributed by atoms with Crippen molar-refractivity contribution in [1.29, 1.82) is 0 Å². The highest BCUT2D eigenvalue weighted by Gasteiger charge is 2.33. The Bertz CT molecular complexity index is 389. The number of rotatable bonds is 2. The van der Waals surface area contributed by atoms with Crippen molar-refractivity contribution >= 4 is 6.16 Å². The Balaban J connectivity index is 0.000000861. The second-order valence-electron chi connectivity index (χ2n) is 4.92. The Kier molecular flexibility index (Phi) is 5.87. The van der Waals surface area contributed by atoms with Gasteiger partial charge in [-0.3, -0.25) is 0 Å². The molecule has 3 nitrogen and oxygen atoms in total. The fraction of sp³-hybridized carbons (Fsp3) is 0.562. The number of carbonyl (C=O) groups is 1. The molecule has 1 aliphatic carbocycles. The van der Waals surface area contributed by atoms with Crippen LogP contribution in [0.25, 0.3) is 0 Å². The number of ether oxygens (including phenoxy) is 2. The van der Waals surface area contributed by atoms with Crippen LogP contribution in [0.1, 0.15) is 52.0 Å². The first-order valence-electron chi connectivity index (χ1n) is 7.05. The molecule has 3 heteroatoms. The van der Waals surface area contributed by atoms with Crippen LogP contribution in [-0.2, 0) is 4.74 Å². The van der Waals surface area contributed by atoms with E-state index in [4.69, 9.17) is 9.47 Å². The molecule has 1 aliphatic rings. The molecule has 1 saturated carbocycles. The summed E-state index contributed by atoms with van der Waals surface area (Å²) in [5.74, 6) is 0.530. The van der Waals surface area contributed by atoms with Crippen LogP contribution >= 0.6 is 0 Å². The van der Waals surface area contributed by atoms with E-state index in [0.29, 0.717) is 5.75 Å². The summed E-state index contributed by atoms with van der Waals surface area (Å²) in [7, 11) is 0. The largest absolute Gasteiger partial charge is 0.514 e. The lowest BCUT2D eigenvalue weighted by Crippen LogP contribution is -2.29. The lowest BCUT2D eigenvalue weighted by Gasteiger charge is -2.23. The Morgan fingerprint density at radius 2 is 1.63 bits per heavy atom. The van der Waals surface area contributed by atoms with E-state index in [1.165, 1.54) is 0 Å². The first kappa shape index (κ1) is 15.5. The van der Waals surface area contributed by atoms with Crippen LogP contribution in [0, 0.1) is 6.92 Å². The van der Waals surface area contributed by atoms with E-state index < -0.39 is 6.16 Å². The highest BCUT2D eigenvalue weighted by molar-refractivity contribution is 5.64. The highest BCUT2D eigenvalue weighted by atomic mass is 16.7. The van der Waals surface area contributed by atoms with Crippen LogP contribution in [0.3, 0.4) is 0 Å². The summed E-state index contributed by atoms with van der Waals surface area (Å²) in [6.07, 6.45) is 3.49. The number of hydrogen-bond donors (Lipinski definition) is 0. The summed E-state index contributed by atoms with van der Waals surface area (Å²) in [4.78, 5) is 11.6.